The predicted octanol–water partition coefficient (Wildman–Crippen LogP) is 3.28. The molecule has 1 aliphatic heterocycles. The van der Waals surface area contributed by atoms with Crippen molar-refractivity contribution in [2.24, 2.45) is 5.92 Å². The molecule has 0 aromatic carbocycles. The lowest BCUT2D eigenvalue weighted by atomic mass is 9.78. The molecule has 1 N–H and O–H groups in total. The number of thiazole rings is 1. The van der Waals surface area contributed by atoms with Gasteiger partial charge in [-0.05, 0) is 18.8 Å². The van der Waals surface area contributed by atoms with E-state index in [1.54, 1.807) is 11.3 Å². The Kier molecular flexibility index (Phi) is 4.43. The second kappa shape index (κ2) is 6.12. The average Bonchev–Trinajstić information content (AvgIpc) is 2.92. The number of aromatic nitrogens is 1. The molecule has 3 rings (SSSR count). The zero-order chi connectivity index (χ0) is 14.0. The monoisotopic (exact) mass is 293 g/mol. The summed E-state index contributed by atoms with van der Waals surface area (Å²) in [5, 5.41) is 7.28. The van der Waals surface area contributed by atoms with Gasteiger partial charge in [0.1, 0.15) is 5.01 Å². The molecule has 1 saturated carbocycles. The summed E-state index contributed by atoms with van der Waals surface area (Å²) >= 11 is 1.79. The Morgan fingerprint density at radius 2 is 2.20 bits per heavy atom. The normalized spacial score (nSPS) is 27.2. The van der Waals surface area contributed by atoms with Gasteiger partial charge in [0.15, 0.2) is 0 Å². The van der Waals surface area contributed by atoms with Crippen LogP contribution >= 0.6 is 11.3 Å². The second-order valence-corrected chi connectivity index (χ2v) is 7.84. The van der Waals surface area contributed by atoms with Crippen LogP contribution in [-0.4, -0.2) is 34.6 Å². The molecule has 2 fully saturated rings. The first-order valence-corrected chi connectivity index (χ1v) is 8.94. The summed E-state index contributed by atoms with van der Waals surface area (Å²) in [4.78, 5) is 7.19. The quantitative estimate of drug-likeness (QED) is 0.927. The van der Waals surface area contributed by atoms with Crippen LogP contribution in [-0.2, 0) is 6.54 Å². The average molecular weight is 293 g/mol. The lowest BCUT2D eigenvalue weighted by Gasteiger charge is -2.50. The second-order valence-electron chi connectivity index (χ2n) is 6.86. The largest absolute Gasteiger partial charge is 0.308 e. The predicted molar refractivity (Wildman–Crippen MR) is 85.0 cm³/mol. The maximum atomic E-state index is 4.49. The number of nitrogens with zero attached hydrogens (tertiary/aromatic N) is 2. The molecular weight excluding hydrogens is 266 g/mol. The maximum absolute atomic E-state index is 4.49. The third-order valence-electron chi connectivity index (χ3n) is 5.06. The fraction of sp³-hybridized carbons (Fsp3) is 0.812. The highest BCUT2D eigenvalue weighted by Gasteiger charge is 2.40. The fourth-order valence-electron chi connectivity index (χ4n) is 3.91. The summed E-state index contributed by atoms with van der Waals surface area (Å²) in [7, 11) is 0. The molecule has 1 unspecified atom stereocenters. The van der Waals surface area contributed by atoms with Gasteiger partial charge < -0.3 is 5.32 Å². The van der Waals surface area contributed by atoms with E-state index in [2.05, 4.69) is 34.4 Å². The summed E-state index contributed by atoms with van der Waals surface area (Å²) in [6.07, 6.45) is 8.85. The highest BCUT2D eigenvalue weighted by molar-refractivity contribution is 7.09. The third-order valence-corrected chi connectivity index (χ3v) is 5.83. The Morgan fingerprint density at radius 3 is 2.85 bits per heavy atom. The van der Waals surface area contributed by atoms with E-state index < -0.39 is 0 Å². The van der Waals surface area contributed by atoms with Gasteiger partial charge in [0.25, 0.3) is 0 Å². The van der Waals surface area contributed by atoms with Gasteiger partial charge in [-0.25, -0.2) is 4.98 Å². The molecule has 1 spiro atoms. The molecule has 0 amide bonds. The SMILES string of the molecule is CC(C)C1CNC2(CCCCC2)CN1Cc1nccs1. The van der Waals surface area contributed by atoms with E-state index in [-0.39, 0.29) is 0 Å². The van der Waals surface area contributed by atoms with Crippen LogP contribution in [0.1, 0.15) is 51.0 Å². The van der Waals surface area contributed by atoms with Gasteiger partial charge in [0, 0.05) is 36.2 Å². The van der Waals surface area contributed by atoms with Gasteiger partial charge in [-0.1, -0.05) is 33.1 Å². The molecule has 112 valence electrons. The molecule has 1 aromatic heterocycles. The molecule has 2 aliphatic rings. The van der Waals surface area contributed by atoms with E-state index in [0.717, 1.165) is 13.1 Å². The van der Waals surface area contributed by atoms with Crippen molar-refractivity contribution in [1.82, 2.24) is 15.2 Å². The Balaban J connectivity index is 1.73. The van der Waals surface area contributed by atoms with Crippen LogP contribution in [0.4, 0.5) is 0 Å². The molecule has 1 aromatic rings. The number of hydrogen-bond acceptors (Lipinski definition) is 4. The Morgan fingerprint density at radius 1 is 1.40 bits per heavy atom. The van der Waals surface area contributed by atoms with Crippen LogP contribution in [0, 0.1) is 5.92 Å². The zero-order valence-corrected chi connectivity index (χ0v) is 13.6. The molecule has 20 heavy (non-hydrogen) atoms. The molecule has 1 saturated heterocycles. The van der Waals surface area contributed by atoms with E-state index in [9.17, 15) is 0 Å². The smallest absolute Gasteiger partial charge is 0.107 e. The number of piperazine rings is 1. The van der Waals surface area contributed by atoms with Crippen molar-refractivity contribution >= 4 is 11.3 Å². The molecule has 0 radical (unpaired) electrons. The first-order chi connectivity index (χ1) is 9.69. The summed E-state index contributed by atoms with van der Waals surface area (Å²) in [6.45, 7) is 8.07. The topological polar surface area (TPSA) is 28.2 Å². The van der Waals surface area contributed by atoms with E-state index in [1.807, 2.05) is 6.20 Å². The highest BCUT2D eigenvalue weighted by Crippen LogP contribution is 2.33. The van der Waals surface area contributed by atoms with Crippen LogP contribution < -0.4 is 5.32 Å². The number of rotatable bonds is 3. The van der Waals surface area contributed by atoms with Gasteiger partial charge >= 0.3 is 0 Å². The van der Waals surface area contributed by atoms with E-state index >= 15 is 0 Å². The molecule has 2 heterocycles. The number of hydrogen-bond donors (Lipinski definition) is 1. The minimum atomic E-state index is 0.390. The van der Waals surface area contributed by atoms with Crippen molar-refractivity contribution < 1.29 is 0 Å². The van der Waals surface area contributed by atoms with Crippen LogP contribution in [0.3, 0.4) is 0 Å². The van der Waals surface area contributed by atoms with Gasteiger partial charge in [-0.15, -0.1) is 11.3 Å². The summed E-state index contributed by atoms with van der Waals surface area (Å²) in [5.74, 6) is 0.698. The first-order valence-electron chi connectivity index (χ1n) is 8.06. The van der Waals surface area contributed by atoms with Crippen LogP contribution in [0.15, 0.2) is 11.6 Å². The van der Waals surface area contributed by atoms with Crippen molar-refractivity contribution in [2.75, 3.05) is 13.1 Å². The summed E-state index contributed by atoms with van der Waals surface area (Å²) in [5.41, 5.74) is 0.390. The Hall–Kier alpha value is -0.450. The molecular formula is C16H27N3S. The number of nitrogens with one attached hydrogen (secondary N) is 1. The zero-order valence-electron chi connectivity index (χ0n) is 12.8. The minimum Gasteiger partial charge on any atom is -0.308 e. The van der Waals surface area contributed by atoms with Crippen LogP contribution in [0.25, 0.3) is 0 Å². The maximum Gasteiger partial charge on any atom is 0.107 e. The Bertz CT molecular complexity index is 409. The van der Waals surface area contributed by atoms with Crippen molar-refractivity contribution in [1.29, 1.82) is 0 Å². The minimum absolute atomic E-state index is 0.390. The van der Waals surface area contributed by atoms with Gasteiger partial charge in [-0.2, -0.15) is 0 Å². The van der Waals surface area contributed by atoms with E-state index in [4.69, 9.17) is 0 Å². The molecule has 4 heteroatoms. The fourth-order valence-corrected chi connectivity index (χ4v) is 4.55. The summed E-state index contributed by atoms with van der Waals surface area (Å²) in [6, 6.07) is 0.645. The van der Waals surface area contributed by atoms with Crippen molar-refractivity contribution in [3.05, 3.63) is 16.6 Å². The third kappa shape index (κ3) is 3.07. The van der Waals surface area contributed by atoms with Gasteiger partial charge in [0.05, 0.1) is 6.54 Å². The van der Waals surface area contributed by atoms with Crippen molar-refractivity contribution in [3.8, 4) is 0 Å². The molecule has 3 nitrogen and oxygen atoms in total. The van der Waals surface area contributed by atoms with E-state index in [1.165, 1.54) is 43.7 Å². The first kappa shape index (κ1) is 14.5. The molecule has 1 atom stereocenters. The van der Waals surface area contributed by atoms with Gasteiger partial charge in [-0.3, -0.25) is 4.90 Å². The van der Waals surface area contributed by atoms with E-state index in [0.29, 0.717) is 17.5 Å². The van der Waals surface area contributed by atoms with Crippen LogP contribution in [0.5, 0.6) is 0 Å². The molecule has 1 aliphatic carbocycles. The lowest BCUT2D eigenvalue weighted by Crippen LogP contribution is -2.65. The van der Waals surface area contributed by atoms with Crippen molar-refractivity contribution in [2.45, 2.75) is 64.1 Å². The lowest BCUT2D eigenvalue weighted by molar-refractivity contribution is 0.0309. The van der Waals surface area contributed by atoms with Crippen LogP contribution in [0.2, 0.25) is 0 Å². The van der Waals surface area contributed by atoms with Crippen molar-refractivity contribution in [3.63, 3.8) is 0 Å². The highest BCUT2D eigenvalue weighted by atomic mass is 32.1. The standard InChI is InChI=1S/C16H27N3S/c1-13(2)14-10-18-16(6-4-3-5-7-16)12-19(14)11-15-17-8-9-20-15/h8-9,13-14,18H,3-7,10-12H2,1-2H3. The van der Waals surface area contributed by atoms with Gasteiger partial charge in [0.2, 0.25) is 0 Å². The molecule has 0 bridgehead atoms. The summed E-state index contributed by atoms with van der Waals surface area (Å²) < 4.78 is 0. The Labute approximate surface area is 126 Å².